The van der Waals surface area contributed by atoms with Gasteiger partial charge in [0.2, 0.25) is 0 Å². The van der Waals surface area contributed by atoms with Gasteiger partial charge in [0.15, 0.2) is 0 Å². The van der Waals surface area contributed by atoms with Crippen LogP contribution in [-0.2, 0) is 26.5 Å². The summed E-state index contributed by atoms with van der Waals surface area (Å²) < 4.78 is 8.70. The van der Waals surface area contributed by atoms with Crippen molar-refractivity contribution in [2.75, 3.05) is 4.90 Å². The molecular formula is C42H34N3OPtS-3. The SMILES string of the molecule is [Pt].[c-]1c(Oc2[c-]c3c(cc2)c2ccccc2n3-c2cc(C3(c4ccccc4)C4CC5CC(C4)CC3C5)ccn2)cccc1N1C=CS[CH-]1. The average Bonchev–Trinajstić information content (AvgIpc) is 3.76. The molecule has 3 heterocycles. The van der Waals surface area contributed by atoms with E-state index in [1.165, 1.54) is 48.6 Å². The summed E-state index contributed by atoms with van der Waals surface area (Å²) in [4.78, 5) is 7.12. The van der Waals surface area contributed by atoms with Crippen molar-refractivity contribution in [2.24, 2.45) is 23.7 Å². The molecular weight excluding hydrogens is 790 g/mol. The molecule has 11 rings (SSSR count). The monoisotopic (exact) mass is 823 g/mol. The summed E-state index contributed by atoms with van der Waals surface area (Å²) in [6.07, 6.45) is 10.9. The normalized spacial score (nSPS) is 25.5. The summed E-state index contributed by atoms with van der Waals surface area (Å²) in [6, 6.07) is 42.0. The Balaban J connectivity index is 0.00000314. The van der Waals surface area contributed by atoms with Gasteiger partial charge >= 0.3 is 0 Å². The average molecular weight is 824 g/mol. The van der Waals surface area contributed by atoms with Crippen LogP contribution in [0.3, 0.4) is 0 Å². The predicted molar refractivity (Wildman–Crippen MR) is 191 cm³/mol. The van der Waals surface area contributed by atoms with Gasteiger partial charge in [0, 0.05) is 49.7 Å². The fourth-order valence-corrected chi connectivity index (χ4v) is 10.4. The summed E-state index contributed by atoms with van der Waals surface area (Å²) in [5.74, 6) is 7.42. The van der Waals surface area contributed by atoms with Crippen molar-refractivity contribution in [3.05, 3.63) is 144 Å². The molecule has 242 valence electrons. The third kappa shape index (κ3) is 4.72. The van der Waals surface area contributed by atoms with Crippen molar-refractivity contribution in [3.8, 4) is 17.3 Å². The van der Waals surface area contributed by atoms with Gasteiger partial charge in [0.05, 0.1) is 0 Å². The fraction of sp³-hybridized carbons (Fsp3) is 0.238. The van der Waals surface area contributed by atoms with Crippen LogP contribution in [0, 0.1) is 41.7 Å². The number of fused-ring (bicyclic) bond motifs is 3. The molecule has 1 aliphatic heterocycles. The quantitative estimate of drug-likeness (QED) is 0.157. The Kier molecular flexibility index (Phi) is 7.55. The van der Waals surface area contributed by atoms with E-state index in [1.54, 1.807) is 11.8 Å². The van der Waals surface area contributed by atoms with Crippen LogP contribution in [0.5, 0.6) is 11.5 Å². The first-order valence-corrected chi connectivity index (χ1v) is 17.8. The number of hydrogen-bond donors (Lipinski definition) is 0. The number of pyridine rings is 1. The second kappa shape index (κ2) is 12.0. The molecule has 0 atom stereocenters. The van der Waals surface area contributed by atoms with Crippen LogP contribution in [0.25, 0.3) is 27.6 Å². The van der Waals surface area contributed by atoms with E-state index in [-0.39, 0.29) is 26.5 Å². The molecule has 4 nitrogen and oxygen atoms in total. The van der Waals surface area contributed by atoms with E-state index < -0.39 is 0 Å². The van der Waals surface area contributed by atoms with Crippen LogP contribution in [0.2, 0.25) is 0 Å². The maximum atomic E-state index is 6.41. The van der Waals surface area contributed by atoms with Crippen LogP contribution in [0.1, 0.15) is 43.2 Å². The van der Waals surface area contributed by atoms with Gasteiger partial charge in [-0.1, -0.05) is 54.0 Å². The van der Waals surface area contributed by atoms with Gasteiger partial charge in [-0.2, -0.15) is 18.0 Å². The fourth-order valence-electron chi connectivity index (χ4n) is 9.86. The molecule has 0 radical (unpaired) electrons. The van der Waals surface area contributed by atoms with E-state index in [2.05, 4.69) is 101 Å². The molecule has 4 fully saturated rings. The number of hydrogen-bond acceptors (Lipinski definition) is 4. The van der Waals surface area contributed by atoms with Gasteiger partial charge in [-0.15, -0.1) is 41.4 Å². The first-order chi connectivity index (χ1) is 23.2. The van der Waals surface area contributed by atoms with Crippen molar-refractivity contribution in [1.82, 2.24) is 9.55 Å². The van der Waals surface area contributed by atoms with Crippen LogP contribution < -0.4 is 9.64 Å². The first-order valence-electron chi connectivity index (χ1n) is 16.9. The first kappa shape index (κ1) is 30.3. The number of anilines is 1. The summed E-state index contributed by atoms with van der Waals surface area (Å²) >= 11 is 1.65. The molecule has 4 aliphatic carbocycles. The Morgan fingerprint density at radius 2 is 1.52 bits per heavy atom. The minimum atomic E-state index is 0. The smallest absolute Gasteiger partial charge is 0.135 e. The second-order valence-corrected chi connectivity index (χ2v) is 14.6. The van der Waals surface area contributed by atoms with Crippen molar-refractivity contribution in [3.63, 3.8) is 0 Å². The van der Waals surface area contributed by atoms with Gasteiger partial charge in [0.1, 0.15) is 5.82 Å². The number of ether oxygens (including phenoxy) is 1. The van der Waals surface area contributed by atoms with E-state index in [4.69, 9.17) is 9.72 Å². The molecule has 6 aromatic rings. The van der Waals surface area contributed by atoms with E-state index in [0.717, 1.165) is 39.8 Å². The number of aromatic nitrogens is 2. The summed E-state index contributed by atoms with van der Waals surface area (Å²) in [5.41, 5.74) is 5.95. The third-order valence-corrected chi connectivity index (χ3v) is 12.0. The molecule has 48 heavy (non-hydrogen) atoms. The Bertz CT molecular complexity index is 2150. The van der Waals surface area contributed by atoms with Gasteiger partial charge in [-0.25, -0.2) is 4.98 Å². The van der Waals surface area contributed by atoms with E-state index >= 15 is 0 Å². The number of rotatable bonds is 6. The van der Waals surface area contributed by atoms with E-state index in [1.807, 2.05) is 41.6 Å². The van der Waals surface area contributed by atoms with Crippen LogP contribution in [0.4, 0.5) is 5.69 Å². The van der Waals surface area contributed by atoms with Crippen molar-refractivity contribution < 1.29 is 25.8 Å². The molecule has 4 saturated carbocycles. The van der Waals surface area contributed by atoms with Gasteiger partial charge in [0.25, 0.3) is 0 Å². The van der Waals surface area contributed by atoms with Crippen molar-refractivity contribution in [2.45, 2.75) is 37.5 Å². The molecule has 4 bridgehead atoms. The molecule has 0 amide bonds. The number of benzene rings is 4. The third-order valence-electron chi connectivity index (χ3n) is 11.4. The van der Waals surface area contributed by atoms with Crippen LogP contribution in [0.15, 0.2) is 115 Å². The molecule has 6 heteroatoms. The maximum absolute atomic E-state index is 6.41. The van der Waals surface area contributed by atoms with E-state index in [0.29, 0.717) is 23.3 Å². The van der Waals surface area contributed by atoms with Crippen LogP contribution in [-0.4, -0.2) is 9.55 Å². The second-order valence-electron chi connectivity index (χ2n) is 13.8. The Labute approximate surface area is 300 Å². The molecule has 0 unspecified atom stereocenters. The number of nitrogens with zero attached hydrogens (tertiary/aromatic N) is 3. The maximum Gasteiger partial charge on any atom is 0.135 e. The van der Waals surface area contributed by atoms with Crippen LogP contribution >= 0.6 is 11.8 Å². The van der Waals surface area contributed by atoms with E-state index in [9.17, 15) is 0 Å². The van der Waals surface area contributed by atoms with Gasteiger partial charge in [-0.05, 0) is 102 Å². The summed E-state index contributed by atoms with van der Waals surface area (Å²) in [6.45, 7) is 0. The molecule has 0 N–H and O–H groups in total. The van der Waals surface area contributed by atoms with Gasteiger partial charge < -0.3 is 26.0 Å². The Morgan fingerprint density at radius 1 is 0.750 bits per heavy atom. The van der Waals surface area contributed by atoms with Gasteiger partial charge in [-0.3, -0.25) is 0 Å². The largest absolute Gasteiger partial charge is 0.510 e. The summed E-state index contributed by atoms with van der Waals surface area (Å²) in [5, 5.41) is 4.38. The molecule has 5 aliphatic rings. The minimum Gasteiger partial charge on any atom is -0.510 e. The van der Waals surface area contributed by atoms with Crippen molar-refractivity contribution >= 4 is 39.3 Å². The topological polar surface area (TPSA) is 30.3 Å². The zero-order chi connectivity index (χ0) is 31.0. The standard InChI is InChI=1S/C42H34N3OS.Pt/c1-2-7-30(8-3-1)42(32-20-28-19-29(22-32)23-33(42)21-28)31-15-16-43-41(24-31)45-39-12-5-4-11-37(39)38-14-13-36(26-40(38)45)46-35-10-6-9-34(25-35)44-17-18-47-27-44;/h1-18,24,27-29,32-33H,19-23H2;/q-3;. The summed E-state index contributed by atoms with van der Waals surface area (Å²) in [7, 11) is 0. The Morgan fingerprint density at radius 3 is 2.31 bits per heavy atom. The molecule has 4 aromatic carbocycles. The Hall–Kier alpha value is -3.79. The number of thioether (sulfide) groups is 1. The van der Waals surface area contributed by atoms with Crippen molar-refractivity contribution in [1.29, 1.82) is 0 Å². The number of para-hydroxylation sites is 1. The predicted octanol–water partition coefficient (Wildman–Crippen LogP) is 10.5. The minimum absolute atomic E-state index is 0. The molecule has 2 aromatic heterocycles. The molecule has 0 spiro atoms. The zero-order valence-electron chi connectivity index (χ0n) is 26.4. The molecule has 0 saturated heterocycles. The zero-order valence-corrected chi connectivity index (χ0v) is 29.5.